The van der Waals surface area contributed by atoms with Crippen LogP contribution in [-0.2, 0) is 22.4 Å². The van der Waals surface area contributed by atoms with Crippen molar-refractivity contribution < 1.29 is 38.3 Å². The maximum atomic E-state index is 13.5. The van der Waals surface area contributed by atoms with Crippen LogP contribution in [0.4, 0.5) is 5.69 Å². The average molecular weight is 668 g/mol. The molecule has 49 heavy (non-hydrogen) atoms. The minimum absolute atomic E-state index is 0.298. The fourth-order valence-electron chi connectivity index (χ4n) is 6.33. The maximum absolute atomic E-state index is 13.5. The van der Waals surface area contributed by atoms with Crippen molar-refractivity contribution >= 4 is 16.7 Å². The summed E-state index contributed by atoms with van der Waals surface area (Å²) in [5, 5.41) is 25.6. The number of nitrogens with one attached hydrogen (secondary N) is 1. The van der Waals surface area contributed by atoms with E-state index in [0.717, 1.165) is 28.0 Å². The van der Waals surface area contributed by atoms with Gasteiger partial charge in [0.1, 0.15) is 46.8 Å². The van der Waals surface area contributed by atoms with Crippen molar-refractivity contribution in [3.8, 4) is 28.4 Å². The third kappa shape index (κ3) is 7.13. The van der Waals surface area contributed by atoms with Gasteiger partial charge in [0.25, 0.3) is 0 Å². The summed E-state index contributed by atoms with van der Waals surface area (Å²) in [4.78, 5) is 13.5. The second kappa shape index (κ2) is 14.3. The van der Waals surface area contributed by atoms with E-state index in [4.69, 9.17) is 28.1 Å². The molecule has 0 bridgehead atoms. The van der Waals surface area contributed by atoms with Gasteiger partial charge in [-0.1, -0.05) is 48.5 Å². The van der Waals surface area contributed by atoms with E-state index < -0.39 is 35.8 Å². The number of anilines is 1. The highest BCUT2D eigenvalue weighted by atomic mass is 16.7. The largest absolute Gasteiger partial charge is 0.497 e. The maximum Gasteiger partial charge on any atom is 0.359 e. The monoisotopic (exact) mass is 667 g/mol. The molecule has 0 spiro atoms. The smallest absolute Gasteiger partial charge is 0.359 e. The van der Waals surface area contributed by atoms with Crippen LogP contribution in [0.15, 0.2) is 100 Å². The first-order valence-corrected chi connectivity index (χ1v) is 16.0. The molecule has 3 unspecified atom stereocenters. The molecule has 2 heterocycles. The number of rotatable bonds is 11. The van der Waals surface area contributed by atoms with Gasteiger partial charge < -0.3 is 43.6 Å². The van der Waals surface area contributed by atoms with Crippen LogP contribution in [0.1, 0.15) is 30.5 Å². The molecule has 4 aromatic carbocycles. The highest BCUT2D eigenvalue weighted by Crippen LogP contribution is 2.37. The molecule has 5 aromatic rings. The first kappa shape index (κ1) is 34.0. The number of aliphatic hydroxyl groups excluding tert-OH is 2. The predicted molar refractivity (Wildman–Crippen MR) is 186 cm³/mol. The van der Waals surface area contributed by atoms with Gasteiger partial charge in [0.2, 0.25) is 6.29 Å². The zero-order valence-electron chi connectivity index (χ0n) is 28.1. The quantitative estimate of drug-likeness (QED) is 0.146. The fourth-order valence-corrected chi connectivity index (χ4v) is 6.33. The van der Waals surface area contributed by atoms with Gasteiger partial charge in [0, 0.05) is 36.6 Å². The molecule has 1 aromatic heterocycles. The summed E-state index contributed by atoms with van der Waals surface area (Å²) in [6, 6.07) is 28.6. The zero-order valence-corrected chi connectivity index (χ0v) is 28.1. The lowest BCUT2D eigenvalue weighted by atomic mass is 9.89. The van der Waals surface area contributed by atoms with Gasteiger partial charge in [-0.2, -0.15) is 0 Å². The number of hydrogen-bond acceptors (Lipinski definition) is 10. The summed E-state index contributed by atoms with van der Waals surface area (Å²) in [5.41, 5.74) is 3.46. The second-order valence-corrected chi connectivity index (χ2v) is 12.5. The van der Waals surface area contributed by atoms with E-state index in [-0.39, 0.29) is 0 Å². The summed E-state index contributed by atoms with van der Waals surface area (Å²) < 4.78 is 34.8. The molecule has 6 rings (SSSR count). The highest BCUT2D eigenvalue weighted by molar-refractivity contribution is 5.85. The number of methoxy groups -OCH3 is 3. The molecular formula is C39H41NO9. The standard InChI is InChI=1S/C39H41NO9/c1-39(2)36(46-5)33(41)34(42)38(49-39)47-32-17-15-26-21-30(37(43)48-35(26)29(32)18-23-10-7-6-8-11-23)40-22-24-14-16-31(45-4)28(19-24)25-12-9-13-27(20-25)44-3/h6-17,19-21,33-34,36,38,40-42H,18,22H2,1-5H3/t33?,34?,36?,38-/m1/s1. The summed E-state index contributed by atoms with van der Waals surface area (Å²) in [6.07, 6.45) is -4.24. The van der Waals surface area contributed by atoms with E-state index in [1.807, 2.05) is 72.8 Å². The van der Waals surface area contributed by atoms with Gasteiger partial charge in [0.05, 0.1) is 19.8 Å². The third-order valence-corrected chi connectivity index (χ3v) is 8.85. The van der Waals surface area contributed by atoms with Crippen molar-refractivity contribution in [1.29, 1.82) is 0 Å². The van der Waals surface area contributed by atoms with Crippen molar-refractivity contribution in [2.45, 2.75) is 57.0 Å². The van der Waals surface area contributed by atoms with Gasteiger partial charge in [-0.15, -0.1) is 0 Å². The Bertz CT molecular complexity index is 1970. The Kier molecular flexibility index (Phi) is 9.94. The molecule has 1 aliphatic heterocycles. The molecule has 1 fully saturated rings. The van der Waals surface area contributed by atoms with Crippen molar-refractivity contribution in [1.82, 2.24) is 0 Å². The molecule has 3 N–H and O–H groups in total. The van der Waals surface area contributed by atoms with Crippen molar-refractivity contribution in [2.75, 3.05) is 26.6 Å². The number of fused-ring (bicyclic) bond motifs is 1. The van der Waals surface area contributed by atoms with Crippen molar-refractivity contribution in [2.24, 2.45) is 0 Å². The molecule has 0 aliphatic carbocycles. The summed E-state index contributed by atoms with van der Waals surface area (Å²) in [7, 11) is 4.71. The van der Waals surface area contributed by atoms with Crippen molar-refractivity contribution in [3.05, 3.63) is 118 Å². The van der Waals surface area contributed by atoms with Crippen LogP contribution in [-0.4, -0.2) is 61.7 Å². The second-order valence-electron chi connectivity index (χ2n) is 12.5. The van der Waals surface area contributed by atoms with E-state index in [9.17, 15) is 15.0 Å². The summed E-state index contributed by atoms with van der Waals surface area (Å²) in [5.74, 6) is 1.81. The molecule has 0 amide bonds. The van der Waals surface area contributed by atoms with Crippen LogP contribution in [0.5, 0.6) is 17.2 Å². The molecule has 0 radical (unpaired) electrons. The van der Waals surface area contributed by atoms with Gasteiger partial charge in [-0.05, 0) is 73.0 Å². The molecule has 1 saturated heterocycles. The Morgan fingerprint density at radius 1 is 0.816 bits per heavy atom. The Morgan fingerprint density at radius 2 is 1.59 bits per heavy atom. The number of hydrogen-bond donors (Lipinski definition) is 3. The van der Waals surface area contributed by atoms with Gasteiger partial charge >= 0.3 is 5.63 Å². The van der Waals surface area contributed by atoms with E-state index >= 15 is 0 Å². The number of aliphatic hydroxyl groups is 2. The van der Waals surface area contributed by atoms with Crippen LogP contribution in [0.2, 0.25) is 0 Å². The van der Waals surface area contributed by atoms with Gasteiger partial charge in [-0.25, -0.2) is 4.79 Å². The number of benzene rings is 4. The lowest BCUT2D eigenvalue weighted by Crippen LogP contribution is -2.63. The van der Waals surface area contributed by atoms with Crippen LogP contribution < -0.4 is 25.2 Å². The molecular weight excluding hydrogens is 626 g/mol. The predicted octanol–water partition coefficient (Wildman–Crippen LogP) is 5.93. The molecule has 256 valence electrons. The first-order chi connectivity index (χ1) is 23.6. The molecule has 10 nitrogen and oxygen atoms in total. The zero-order chi connectivity index (χ0) is 34.7. The van der Waals surface area contributed by atoms with Crippen LogP contribution in [0.3, 0.4) is 0 Å². The molecule has 1 aliphatic rings. The van der Waals surface area contributed by atoms with E-state index in [2.05, 4.69) is 5.32 Å². The molecule has 4 atom stereocenters. The first-order valence-electron chi connectivity index (χ1n) is 16.0. The summed E-state index contributed by atoms with van der Waals surface area (Å²) >= 11 is 0. The van der Waals surface area contributed by atoms with E-state index in [1.165, 1.54) is 7.11 Å². The van der Waals surface area contributed by atoms with Crippen LogP contribution >= 0.6 is 0 Å². The SMILES string of the molecule is COc1cccc(-c2cc(CNc3cc4ccc(O[C@@H]5OC(C)(C)C(OC)C(O)C5O)c(Cc5ccccc5)c4oc3=O)ccc2OC)c1. The summed E-state index contributed by atoms with van der Waals surface area (Å²) in [6.45, 7) is 3.88. The Hall–Kier alpha value is -4.87. The number of ether oxygens (including phenoxy) is 5. The van der Waals surface area contributed by atoms with Gasteiger partial charge in [-0.3, -0.25) is 0 Å². The lowest BCUT2D eigenvalue weighted by molar-refractivity contribution is -0.306. The van der Waals surface area contributed by atoms with Crippen LogP contribution in [0, 0.1) is 0 Å². The topological polar surface area (TPSA) is 129 Å². The van der Waals surface area contributed by atoms with E-state index in [0.29, 0.717) is 46.7 Å². The Labute approximate surface area is 284 Å². The minimum atomic E-state index is -1.39. The average Bonchev–Trinajstić information content (AvgIpc) is 3.11. The fraction of sp³-hybridized carbons (Fsp3) is 0.308. The minimum Gasteiger partial charge on any atom is -0.497 e. The third-order valence-electron chi connectivity index (χ3n) is 8.85. The Morgan fingerprint density at radius 3 is 2.33 bits per heavy atom. The van der Waals surface area contributed by atoms with Gasteiger partial charge in [0.15, 0.2) is 0 Å². The molecule has 10 heteroatoms. The molecule has 0 saturated carbocycles. The normalized spacial score (nSPS) is 20.1. The van der Waals surface area contributed by atoms with E-state index in [1.54, 1.807) is 46.3 Å². The van der Waals surface area contributed by atoms with Crippen molar-refractivity contribution in [3.63, 3.8) is 0 Å². The Balaban J connectivity index is 1.31. The van der Waals surface area contributed by atoms with Crippen LogP contribution in [0.25, 0.3) is 22.1 Å². The highest BCUT2D eigenvalue weighted by Gasteiger charge is 2.50. The lowest BCUT2D eigenvalue weighted by Gasteiger charge is -2.46.